The zero-order chi connectivity index (χ0) is 6.78. The number of carbonyl (C=O) groups excluding carboxylic acids is 1. The summed E-state index contributed by atoms with van der Waals surface area (Å²) in [4.78, 5) is 10.0. The van der Waals surface area contributed by atoms with Crippen LogP contribution in [0.1, 0.15) is 6.92 Å². The van der Waals surface area contributed by atoms with E-state index in [0.29, 0.717) is 0 Å². The van der Waals surface area contributed by atoms with E-state index in [1.807, 2.05) is 4.72 Å². The van der Waals surface area contributed by atoms with Gasteiger partial charge in [-0.1, -0.05) is 0 Å². The van der Waals surface area contributed by atoms with Gasteiger partial charge in [0.2, 0.25) is 0 Å². The van der Waals surface area contributed by atoms with Gasteiger partial charge in [0.05, 0.1) is 0 Å². The third-order valence-corrected chi connectivity index (χ3v) is 1.47. The van der Waals surface area contributed by atoms with E-state index in [4.69, 9.17) is 4.55 Å². The number of hydrogen-bond acceptors (Lipinski definition) is 2. The topological polar surface area (TPSA) is 66.4 Å². The van der Waals surface area contributed by atoms with Crippen LogP contribution in [-0.2, 0) is 16.6 Å². The number of hydrogen-bond donors (Lipinski definition) is 2. The molecular weight excluding hydrogens is 245 g/mol. The van der Waals surface area contributed by atoms with E-state index in [1.165, 1.54) is 28.1 Å². The van der Waals surface area contributed by atoms with Gasteiger partial charge in [0.25, 0.3) is 5.91 Å². The summed E-state index contributed by atoms with van der Waals surface area (Å²) in [7, 11) is -3.10. The molecule has 0 saturated carbocycles. The fourth-order valence-electron chi connectivity index (χ4n) is 0.177. The van der Waals surface area contributed by atoms with Crippen molar-refractivity contribution in [2.24, 2.45) is 0 Å². The van der Waals surface area contributed by atoms with E-state index in [-0.39, 0.29) is 0 Å². The van der Waals surface area contributed by atoms with Crippen LogP contribution in [-0.4, -0.2) is 10.5 Å². The molecule has 0 aromatic carbocycles. The SMILES string of the molecule is CC(=O)N[S+](=O)(O)I. The largest absolute Gasteiger partial charge is 0.374 e. The molecule has 48 valence electrons. The molecule has 6 heteroatoms. The third-order valence-electron chi connectivity index (χ3n) is 0.270. The number of carbonyl (C=O) groups is 1. The molecule has 0 spiro atoms. The summed E-state index contributed by atoms with van der Waals surface area (Å²) < 4.78 is 20.4. The number of nitrogens with one attached hydrogen (secondary N) is 1. The first-order valence-corrected chi connectivity index (χ1v) is 5.72. The average Bonchev–Trinajstić information content (AvgIpc) is 1.21. The fraction of sp³-hybridized carbons (Fsp3) is 0.500. The Balaban J connectivity index is 3.74. The van der Waals surface area contributed by atoms with Gasteiger partial charge in [0.1, 0.15) is 0 Å². The Hall–Kier alpha value is 0.310. The number of halogens is 1. The van der Waals surface area contributed by atoms with Crippen molar-refractivity contribution in [3.8, 4) is 0 Å². The van der Waals surface area contributed by atoms with Crippen LogP contribution in [0.15, 0.2) is 0 Å². The van der Waals surface area contributed by atoms with Crippen LogP contribution < -0.4 is 4.72 Å². The number of rotatable bonds is 1. The lowest BCUT2D eigenvalue weighted by Crippen LogP contribution is -2.27. The minimum Gasteiger partial charge on any atom is -0.271 e. The van der Waals surface area contributed by atoms with Crippen LogP contribution in [0.4, 0.5) is 0 Å². The molecule has 1 atom stereocenters. The molecule has 0 saturated heterocycles. The van der Waals surface area contributed by atoms with Gasteiger partial charge in [-0.3, -0.25) is 4.79 Å². The van der Waals surface area contributed by atoms with Crippen LogP contribution in [0.25, 0.3) is 0 Å². The molecule has 0 aliphatic rings. The normalized spacial score (nSPS) is 16.9. The Kier molecular flexibility index (Phi) is 2.84. The highest BCUT2D eigenvalue weighted by atomic mass is 127. The Morgan fingerprint density at radius 2 is 2.25 bits per heavy atom. The molecule has 0 rings (SSSR count). The Morgan fingerprint density at radius 1 is 1.88 bits per heavy atom. The van der Waals surface area contributed by atoms with Gasteiger partial charge in [-0.2, -0.15) is 4.55 Å². The molecule has 0 aliphatic carbocycles. The van der Waals surface area contributed by atoms with Gasteiger partial charge in [-0.15, -0.1) is 4.72 Å². The third kappa shape index (κ3) is 6.31. The molecule has 0 radical (unpaired) electrons. The molecular formula is C2H5INO3S+. The molecule has 4 nitrogen and oxygen atoms in total. The first-order chi connectivity index (χ1) is 3.42. The van der Waals surface area contributed by atoms with Gasteiger partial charge >= 0.3 is 28.8 Å². The predicted octanol–water partition coefficient (Wildman–Crippen LogP) is 0.360. The molecule has 0 heterocycles. The summed E-state index contributed by atoms with van der Waals surface area (Å²) in [5.41, 5.74) is 0. The van der Waals surface area contributed by atoms with Crippen LogP contribution in [0.2, 0.25) is 0 Å². The molecule has 0 aromatic heterocycles. The second kappa shape index (κ2) is 2.74. The lowest BCUT2D eigenvalue weighted by Gasteiger charge is -1.90. The predicted molar refractivity (Wildman–Crippen MR) is 38.5 cm³/mol. The van der Waals surface area contributed by atoms with Crippen molar-refractivity contribution in [2.45, 2.75) is 6.92 Å². The standard InChI is InChI=1S/C2H4INO3S/c1-2(5)4-8(3,6)7/h1H3,(H-,4,5,6,7)/p+1. The summed E-state index contributed by atoms with van der Waals surface area (Å²) in [6.07, 6.45) is 0. The highest BCUT2D eigenvalue weighted by Gasteiger charge is 2.20. The second-order valence-corrected chi connectivity index (χ2v) is 5.82. The van der Waals surface area contributed by atoms with Crippen LogP contribution in [0, 0.1) is 0 Å². The lowest BCUT2D eigenvalue weighted by molar-refractivity contribution is -0.117. The Bertz CT molecular complexity index is 140. The van der Waals surface area contributed by atoms with Gasteiger partial charge < -0.3 is 0 Å². The zero-order valence-corrected chi connectivity index (χ0v) is 7.02. The lowest BCUT2D eigenvalue weighted by atomic mass is 10.8. The van der Waals surface area contributed by atoms with Crippen molar-refractivity contribution < 1.29 is 13.6 Å². The fourth-order valence-corrected chi connectivity index (χ4v) is 1.46. The van der Waals surface area contributed by atoms with Crippen LogP contribution >= 0.6 is 21.2 Å². The van der Waals surface area contributed by atoms with Gasteiger partial charge in [0, 0.05) is 6.92 Å². The minimum atomic E-state index is -3.10. The van der Waals surface area contributed by atoms with Gasteiger partial charge in [-0.05, 0) is 4.21 Å². The van der Waals surface area contributed by atoms with Crippen molar-refractivity contribution >= 4 is 34.7 Å². The van der Waals surface area contributed by atoms with Crippen molar-refractivity contribution in [2.75, 3.05) is 0 Å². The summed E-state index contributed by atoms with van der Waals surface area (Å²) >= 11 is 1.24. The first-order valence-electron chi connectivity index (χ1n) is 1.66. The average molecular weight is 250 g/mol. The highest BCUT2D eigenvalue weighted by molar-refractivity contribution is 14.2. The molecule has 0 aliphatic heterocycles. The van der Waals surface area contributed by atoms with E-state index >= 15 is 0 Å². The summed E-state index contributed by atoms with van der Waals surface area (Å²) in [5, 5.41) is 0. The molecule has 1 unspecified atom stereocenters. The maximum absolute atomic E-state index is 10.2. The van der Waals surface area contributed by atoms with Crippen LogP contribution in [0.5, 0.6) is 0 Å². The zero-order valence-electron chi connectivity index (χ0n) is 4.05. The van der Waals surface area contributed by atoms with Crippen molar-refractivity contribution in [3.05, 3.63) is 0 Å². The molecule has 8 heavy (non-hydrogen) atoms. The van der Waals surface area contributed by atoms with Gasteiger partial charge in [-0.25, -0.2) is 0 Å². The molecule has 0 aromatic rings. The Morgan fingerprint density at radius 3 is 2.25 bits per heavy atom. The monoisotopic (exact) mass is 250 g/mol. The molecule has 0 fully saturated rings. The van der Waals surface area contributed by atoms with Crippen molar-refractivity contribution in [1.82, 2.24) is 4.72 Å². The summed E-state index contributed by atoms with van der Waals surface area (Å²) in [6.45, 7) is 1.18. The second-order valence-electron chi connectivity index (χ2n) is 1.12. The maximum atomic E-state index is 10.2. The quantitative estimate of drug-likeness (QED) is 0.401. The van der Waals surface area contributed by atoms with E-state index in [2.05, 4.69) is 0 Å². The molecule has 2 N–H and O–H groups in total. The first kappa shape index (κ1) is 8.31. The van der Waals surface area contributed by atoms with Crippen molar-refractivity contribution in [1.29, 1.82) is 0 Å². The van der Waals surface area contributed by atoms with Crippen LogP contribution in [0.3, 0.4) is 0 Å². The number of amides is 1. The minimum absolute atomic E-state index is 0.507. The van der Waals surface area contributed by atoms with E-state index < -0.39 is 13.5 Å². The summed E-state index contributed by atoms with van der Waals surface area (Å²) in [6, 6.07) is 0. The molecule has 1 amide bonds. The van der Waals surface area contributed by atoms with E-state index in [1.54, 1.807) is 0 Å². The van der Waals surface area contributed by atoms with Gasteiger partial charge in [0.15, 0.2) is 0 Å². The van der Waals surface area contributed by atoms with Crippen molar-refractivity contribution in [3.63, 3.8) is 0 Å². The Labute approximate surface area is 60.0 Å². The van der Waals surface area contributed by atoms with E-state index in [0.717, 1.165) is 0 Å². The maximum Gasteiger partial charge on any atom is 0.374 e. The highest BCUT2D eigenvalue weighted by Crippen LogP contribution is 2.03. The molecule has 0 bridgehead atoms. The van der Waals surface area contributed by atoms with E-state index in [9.17, 15) is 9.00 Å². The smallest absolute Gasteiger partial charge is 0.271 e. The summed E-state index contributed by atoms with van der Waals surface area (Å²) in [5.74, 6) is -0.507.